The minimum Gasteiger partial charge on any atom is -0.338 e. The molecule has 1 unspecified atom stereocenters. The molecule has 0 fully saturated rings. The van der Waals surface area contributed by atoms with Crippen LogP contribution in [0.4, 0.5) is 0 Å². The predicted octanol–water partition coefficient (Wildman–Crippen LogP) is 1.79. The molecule has 3 heteroatoms. The van der Waals surface area contributed by atoms with Crippen LogP contribution in [0.2, 0.25) is 0 Å². The number of hydrogen-bond donors (Lipinski definition) is 0. The van der Waals surface area contributed by atoms with Gasteiger partial charge in [-0.1, -0.05) is 24.3 Å². The first-order chi connectivity index (χ1) is 7.11. The van der Waals surface area contributed by atoms with Crippen LogP contribution in [0.1, 0.15) is 35.3 Å². The zero-order valence-corrected chi connectivity index (χ0v) is 8.86. The molecule has 0 aromatic heterocycles. The van der Waals surface area contributed by atoms with Crippen LogP contribution < -0.4 is 0 Å². The quantitative estimate of drug-likeness (QED) is 0.697. The second-order valence-corrected chi connectivity index (χ2v) is 3.86. The lowest BCUT2D eigenvalue weighted by atomic mass is 10.1. The summed E-state index contributed by atoms with van der Waals surface area (Å²) < 4.78 is 0. The smallest absolute Gasteiger partial charge is 0.219 e. The second-order valence-electron chi connectivity index (χ2n) is 3.86. The molecule has 15 heavy (non-hydrogen) atoms. The van der Waals surface area contributed by atoms with Crippen molar-refractivity contribution in [3.8, 4) is 0 Å². The lowest BCUT2D eigenvalue weighted by Crippen LogP contribution is -2.27. The fourth-order valence-electron chi connectivity index (χ4n) is 2.00. The molecule has 0 radical (unpaired) electrons. The van der Waals surface area contributed by atoms with E-state index in [1.165, 1.54) is 6.92 Å². The number of Topliss-reactive ketones (excluding diaryl/α,β-unsaturated/α-hetero) is 1. The molecule has 0 heterocycles. The van der Waals surface area contributed by atoms with Crippen LogP contribution in [0.5, 0.6) is 0 Å². The van der Waals surface area contributed by atoms with E-state index < -0.39 is 0 Å². The number of carbonyl (C=O) groups is 2. The molecule has 1 aromatic carbocycles. The summed E-state index contributed by atoms with van der Waals surface area (Å²) >= 11 is 0. The highest BCUT2D eigenvalue weighted by atomic mass is 16.2. The summed E-state index contributed by atoms with van der Waals surface area (Å²) in [5, 5.41) is 0. The SMILES string of the molecule is CC(=O)N(C)C1CC(=O)c2ccccc21. The highest BCUT2D eigenvalue weighted by Gasteiger charge is 2.32. The first-order valence-corrected chi connectivity index (χ1v) is 4.97. The van der Waals surface area contributed by atoms with E-state index in [-0.39, 0.29) is 17.7 Å². The average Bonchev–Trinajstić information content (AvgIpc) is 2.56. The Balaban J connectivity index is 2.40. The van der Waals surface area contributed by atoms with E-state index in [1.54, 1.807) is 11.9 Å². The Hall–Kier alpha value is -1.64. The third-order valence-electron chi connectivity index (χ3n) is 2.96. The maximum atomic E-state index is 11.7. The molecule has 0 saturated carbocycles. The van der Waals surface area contributed by atoms with Gasteiger partial charge in [-0.25, -0.2) is 0 Å². The largest absolute Gasteiger partial charge is 0.338 e. The summed E-state index contributed by atoms with van der Waals surface area (Å²) in [6, 6.07) is 7.42. The Labute approximate surface area is 88.7 Å². The van der Waals surface area contributed by atoms with Gasteiger partial charge in [0.25, 0.3) is 0 Å². The Morgan fingerprint density at radius 3 is 2.73 bits per heavy atom. The van der Waals surface area contributed by atoms with Crippen LogP contribution in [-0.2, 0) is 4.79 Å². The molecular weight excluding hydrogens is 190 g/mol. The van der Waals surface area contributed by atoms with Gasteiger partial charge in [-0.15, -0.1) is 0 Å². The summed E-state index contributed by atoms with van der Waals surface area (Å²) in [7, 11) is 1.74. The summed E-state index contributed by atoms with van der Waals surface area (Å²) in [6.07, 6.45) is 0.412. The molecular formula is C12H13NO2. The molecule has 0 bridgehead atoms. The zero-order valence-electron chi connectivity index (χ0n) is 8.86. The minimum absolute atomic E-state index is 0.00972. The fourth-order valence-corrected chi connectivity index (χ4v) is 2.00. The molecule has 0 aliphatic heterocycles. The Morgan fingerprint density at radius 1 is 1.40 bits per heavy atom. The predicted molar refractivity (Wildman–Crippen MR) is 56.6 cm³/mol. The molecule has 0 N–H and O–H groups in total. The average molecular weight is 203 g/mol. The minimum atomic E-state index is -0.0776. The molecule has 3 nitrogen and oxygen atoms in total. The van der Waals surface area contributed by atoms with Crippen molar-refractivity contribution >= 4 is 11.7 Å². The van der Waals surface area contributed by atoms with E-state index in [4.69, 9.17) is 0 Å². The number of rotatable bonds is 1. The normalized spacial score (nSPS) is 18.8. The van der Waals surface area contributed by atoms with E-state index in [9.17, 15) is 9.59 Å². The van der Waals surface area contributed by atoms with Crippen molar-refractivity contribution in [1.82, 2.24) is 4.90 Å². The van der Waals surface area contributed by atoms with Crippen LogP contribution >= 0.6 is 0 Å². The second kappa shape index (κ2) is 3.50. The number of carbonyl (C=O) groups excluding carboxylic acids is 2. The number of ketones is 1. The summed E-state index contributed by atoms with van der Waals surface area (Å²) in [5.41, 5.74) is 1.73. The van der Waals surface area contributed by atoms with Gasteiger partial charge in [-0.05, 0) is 5.56 Å². The van der Waals surface area contributed by atoms with Crippen LogP contribution in [0.25, 0.3) is 0 Å². The topological polar surface area (TPSA) is 37.4 Å². The summed E-state index contributed by atoms with van der Waals surface area (Å²) in [5.74, 6) is 0.119. The Kier molecular flexibility index (Phi) is 2.31. The number of fused-ring (bicyclic) bond motifs is 1. The molecule has 2 rings (SSSR count). The van der Waals surface area contributed by atoms with Gasteiger partial charge in [0.1, 0.15) is 0 Å². The summed E-state index contributed by atoms with van der Waals surface area (Å²) in [4.78, 5) is 24.6. The fraction of sp³-hybridized carbons (Fsp3) is 0.333. The molecule has 1 aliphatic carbocycles. The molecule has 1 aromatic rings. The number of hydrogen-bond acceptors (Lipinski definition) is 2. The van der Waals surface area contributed by atoms with Gasteiger partial charge >= 0.3 is 0 Å². The van der Waals surface area contributed by atoms with Gasteiger partial charge in [-0.3, -0.25) is 9.59 Å². The van der Waals surface area contributed by atoms with E-state index in [0.717, 1.165) is 11.1 Å². The van der Waals surface area contributed by atoms with Crippen molar-refractivity contribution in [2.75, 3.05) is 7.05 Å². The molecule has 0 spiro atoms. The standard InChI is InChI=1S/C12H13NO2/c1-8(14)13(2)11-7-12(15)10-6-4-3-5-9(10)11/h3-6,11H,7H2,1-2H3. The van der Waals surface area contributed by atoms with E-state index >= 15 is 0 Å². The Bertz CT molecular complexity index is 425. The van der Waals surface area contributed by atoms with Crippen LogP contribution in [0, 0.1) is 0 Å². The van der Waals surface area contributed by atoms with Crippen molar-refractivity contribution in [3.05, 3.63) is 35.4 Å². The van der Waals surface area contributed by atoms with Crippen molar-refractivity contribution in [2.45, 2.75) is 19.4 Å². The molecule has 78 valence electrons. The van der Waals surface area contributed by atoms with Gasteiger partial charge < -0.3 is 4.90 Å². The third-order valence-corrected chi connectivity index (χ3v) is 2.96. The molecule has 0 saturated heterocycles. The third kappa shape index (κ3) is 1.54. The molecule has 1 atom stereocenters. The van der Waals surface area contributed by atoms with Gasteiger partial charge in [0.15, 0.2) is 5.78 Å². The lowest BCUT2D eigenvalue weighted by Gasteiger charge is -2.23. The van der Waals surface area contributed by atoms with Crippen molar-refractivity contribution in [3.63, 3.8) is 0 Å². The van der Waals surface area contributed by atoms with Crippen LogP contribution in [0.15, 0.2) is 24.3 Å². The van der Waals surface area contributed by atoms with Crippen LogP contribution in [0.3, 0.4) is 0 Å². The first-order valence-electron chi connectivity index (χ1n) is 4.97. The zero-order chi connectivity index (χ0) is 11.0. The maximum absolute atomic E-state index is 11.7. The van der Waals surface area contributed by atoms with Gasteiger partial charge in [0, 0.05) is 26.0 Å². The van der Waals surface area contributed by atoms with Gasteiger partial charge in [-0.2, -0.15) is 0 Å². The number of amides is 1. The van der Waals surface area contributed by atoms with Crippen molar-refractivity contribution in [2.24, 2.45) is 0 Å². The Morgan fingerprint density at radius 2 is 2.07 bits per heavy atom. The number of nitrogens with zero attached hydrogens (tertiary/aromatic N) is 1. The monoisotopic (exact) mass is 203 g/mol. The van der Waals surface area contributed by atoms with E-state index in [1.807, 2.05) is 24.3 Å². The van der Waals surface area contributed by atoms with Gasteiger partial charge in [0.2, 0.25) is 5.91 Å². The highest BCUT2D eigenvalue weighted by Crippen LogP contribution is 2.34. The van der Waals surface area contributed by atoms with E-state index in [2.05, 4.69) is 0 Å². The maximum Gasteiger partial charge on any atom is 0.219 e. The van der Waals surface area contributed by atoms with Crippen molar-refractivity contribution < 1.29 is 9.59 Å². The molecule has 1 amide bonds. The van der Waals surface area contributed by atoms with E-state index in [0.29, 0.717) is 6.42 Å². The van der Waals surface area contributed by atoms with Gasteiger partial charge in [0.05, 0.1) is 6.04 Å². The van der Waals surface area contributed by atoms with Crippen LogP contribution in [-0.4, -0.2) is 23.6 Å². The molecule has 1 aliphatic rings. The van der Waals surface area contributed by atoms with Crippen molar-refractivity contribution in [1.29, 1.82) is 0 Å². The summed E-state index contributed by atoms with van der Waals surface area (Å²) in [6.45, 7) is 1.52. The number of benzene rings is 1. The lowest BCUT2D eigenvalue weighted by molar-refractivity contribution is -0.129. The first kappa shape index (κ1) is 9.90. The highest BCUT2D eigenvalue weighted by molar-refractivity contribution is 6.01.